The Labute approximate surface area is 93.6 Å². The lowest BCUT2D eigenvalue weighted by molar-refractivity contribution is 0.171. The highest BCUT2D eigenvalue weighted by atomic mass is 35.5. The van der Waals surface area contributed by atoms with E-state index in [4.69, 9.17) is 26.2 Å². The number of hydrogen-bond acceptors (Lipinski definition) is 3. The van der Waals surface area contributed by atoms with Crippen LogP contribution in [0.15, 0.2) is 12.1 Å². The van der Waals surface area contributed by atoms with Gasteiger partial charge in [0, 0.05) is 23.6 Å². The second kappa shape index (κ2) is 4.29. The Hall–Kier alpha value is -0.930. The molecule has 4 heteroatoms. The second-order valence-electron chi connectivity index (χ2n) is 3.60. The first-order valence-corrected chi connectivity index (χ1v) is 5.30. The van der Waals surface area contributed by atoms with E-state index in [0.717, 1.165) is 5.56 Å². The Morgan fingerprint density at radius 2 is 1.93 bits per heavy atom. The van der Waals surface area contributed by atoms with Crippen molar-refractivity contribution in [3.8, 4) is 11.5 Å². The average Bonchev–Trinajstić information content (AvgIpc) is 2.27. The van der Waals surface area contributed by atoms with Crippen LogP contribution >= 0.6 is 11.6 Å². The van der Waals surface area contributed by atoms with Gasteiger partial charge in [-0.2, -0.15) is 0 Å². The summed E-state index contributed by atoms with van der Waals surface area (Å²) < 4.78 is 10.8. The molecule has 0 saturated carbocycles. The largest absolute Gasteiger partial charge is 0.486 e. The summed E-state index contributed by atoms with van der Waals surface area (Å²) in [5.41, 5.74) is 0.892. The first-order valence-electron chi connectivity index (χ1n) is 4.92. The topological polar surface area (TPSA) is 38.7 Å². The highest BCUT2D eigenvalue weighted by Crippen LogP contribution is 2.37. The summed E-state index contributed by atoms with van der Waals surface area (Å²) in [7, 11) is 0. The van der Waals surface area contributed by atoms with Gasteiger partial charge in [0.15, 0.2) is 11.5 Å². The minimum Gasteiger partial charge on any atom is -0.486 e. The molecule has 1 aliphatic rings. The lowest BCUT2D eigenvalue weighted by Crippen LogP contribution is -2.16. The van der Waals surface area contributed by atoms with Gasteiger partial charge >= 0.3 is 0 Å². The maximum absolute atomic E-state index is 9.09. The number of rotatable bonds is 2. The maximum atomic E-state index is 9.09. The third-order valence-corrected chi connectivity index (χ3v) is 2.79. The van der Waals surface area contributed by atoms with Crippen LogP contribution in [-0.4, -0.2) is 24.9 Å². The molecule has 1 heterocycles. The van der Waals surface area contributed by atoms with E-state index in [0.29, 0.717) is 29.7 Å². The molecular weight excluding hydrogens is 216 g/mol. The van der Waals surface area contributed by atoms with Crippen LogP contribution in [0.5, 0.6) is 11.5 Å². The maximum Gasteiger partial charge on any atom is 0.162 e. The molecule has 1 aromatic rings. The van der Waals surface area contributed by atoms with Gasteiger partial charge in [0.25, 0.3) is 0 Å². The van der Waals surface area contributed by atoms with Crippen molar-refractivity contribution in [2.75, 3.05) is 19.8 Å². The molecule has 0 fully saturated rings. The van der Waals surface area contributed by atoms with Gasteiger partial charge in [0.2, 0.25) is 0 Å². The van der Waals surface area contributed by atoms with Gasteiger partial charge in [-0.3, -0.25) is 0 Å². The van der Waals surface area contributed by atoms with E-state index in [-0.39, 0.29) is 12.5 Å². The molecule has 1 N–H and O–H groups in total. The van der Waals surface area contributed by atoms with Crippen LogP contribution in [-0.2, 0) is 0 Å². The predicted molar refractivity (Wildman–Crippen MR) is 57.9 cm³/mol. The van der Waals surface area contributed by atoms with Gasteiger partial charge in [0.1, 0.15) is 13.2 Å². The zero-order chi connectivity index (χ0) is 10.8. The summed E-state index contributed by atoms with van der Waals surface area (Å²) in [6.07, 6.45) is 0. The van der Waals surface area contributed by atoms with Crippen molar-refractivity contribution >= 4 is 11.6 Å². The summed E-state index contributed by atoms with van der Waals surface area (Å²) in [5, 5.41) is 9.70. The van der Waals surface area contributed by atoms with E-state index in [9.17, 15) is 0 Å². The molecule has 15 heavy (non-hydrogen) atoms. The molecule has 0 saturated heterocycles. The van der Waals surface area contributed by atoms with Crippen molar-refractivity contribution in [2.24, 2.45) is 0 Å². The smallest absolute Gasteiger partial charge is 0.162 e. The Morgan fingerprint density at radius 1 is 1.33 bits per heavy atom. The van der Waals surface area contributed by atoms with Crippen LogP contribution in [0.2, 0.25) is 5.02 Å². The fraction of sp³-hybridized carbons (Fsp3) is 0.455. The van der Waals surface area contributed by atoms with Crippen molar-refractivity contribution in [1.82, 2.24) is 0 Å². The van der Waals surface area contributed by atoms with E-state index in [2.05, 4.69) is 0 Å². The molecule has 1 atom stereocenters. The van der Waals surface area contributed by atoms with E-state index in [1.165, 1.54) is 0 Å². The highest BCUT2D eigenvalue weighted by Gasteiger charge is 2.17. The number of fused-ring (bicyclic) bond motifs is 1. The van der Waals surface area contributed by atoms with Crippen LogP contribution in [0.25, 0.3) is 0 Å². The van der Waals surface area contributed by atoms with E-state index in [1.807, 2.05) is 13.0 Å². The minimum absolute atomic E-state index is 0.00771. The summed E-state index contributed by atoms with van der Waals surface area (Å²) in [4.78, 5) is 0. The quantitative estimate of drug-likeness (QED) is 0.844. The summed E-state index contributed by atoms with van der Waals surface area (Å²) >= 11 is 6.09. The lowest BCUT2D eigenvalue weighted by Gasteiger charge is -2.21. The Morgan fingerprint density at radius 3 is 2.53 bits per heavy atom. The fourth-order valence-electron chi connectivity index (χ4n) is 1.56. The fourth-order valence-corrected chi connectivity index (χ4v) is 1.90. The highest BCUT2D eigenvalue weighted by molar-refractivity contribution is 6.31. The van der Waals surface area contributed by atoms with Gasteiger partial charge in [-0.05, 0) is 11.6 Å². The summed E-state index contributed by atoms with van der Waals surface area (Å²) in [5.74, 6) is 1.40. The van der Waals surface area contributed by atoms with Crippen molar-refractivity contribution in [2.45, 2.75) is 12.8 Å². The third-order valence-electron chi connectivity index (χ3n) is 2.47. The molecule has 1 unspecified atom stereocenters. The second-order valence-corrected chi connectivity index (χ2v) is 4.01. The Kier molecular flexibility index (Phi) is 3.03. The van der Waals surface area contributed by atoms with Crippen LogP contribution in [0.3, 0.4) is 0 Å². The molecule has 0 aromatic heterocycles. The van der Waals surface area contributed by atoms with E-state index < -0.39 is 0 Å². The summed E-state index contributed by atoms with van der Waals surface area (Å²) in [6.45, 7) is 3.09. The zero-order valence-electron chi connectivity index (χ0n) is 8.50. The van der Waals surface area contributed by atoms with Crippen LogP contribution < -0.4 is 9.47 Å². The van der Waals surface area contributed by atoms with Crippen LogP contribution in [0.4, 0.5) is 0 Å². The number of halogens is 1. The molecule has 1 aromatic carbocycles. The van der Waals surface area contributed by atoms with Crippen LogP contribution in [0.1, 0.15) is 18.4 Å². The Balaban J connectivity index is 2.40. The average molecular weight is 229 g/mol. The summed E-state index contributed by atoms with van der Waals surface area (Å²) in [6, 6.07) is 3.59. The Bertz CT molecular complexity index is 365. The number of benzene rings is 1. The molecule has 0 amide bonds. The van der Waals surface area contributed by atoms with Crippen LogP contribution in [0, 0.1) is 0 Å². The van der Waals surface area contributed by atoms with E-state index in [1.54, 1.807) is 6.07 Å². The van der Waals surface area contributed by atoms with E-state index >= 15 is 0 Å². The third kappa shape index (κ3) is 2.03. The van der Waals surface area contributed by atoms with Gasteiger partial charge in [0.05, 0.1) is 0 Å². The number of aliphatic hydroxyl groups excluding tert-OH is 1. The van der Waals surface area contributed by atoms with Crippen molar-refractivity contribution in [1.29, 1.82) is 0 Å². The van der Waals surface area contributed by atoms with Crippen molar-refractivity contribution < 1.29 is 14.6 Å². The zero-order valence-corrected chi connectivity index (χ0v) is 9.25. The minimum atomic E-state index is 0.00771. The normalized spacial score (nSPS) is 16.2. The van der Waals surface area contributed by atoms with Gasteiger partial charge in [-0.15, -0.1) is 0 Å². The monoisotopic (exact) mass is 228 g/mol. The molecule has 3 nitrogen and oxygen atoms in total. The van der Waals surface area contributed by atoms with Gasteiger partial charge in [-0.1, -0.05) is 18.5 Å². The van der Waals surface area contributed by atoms with Crippen molar-refractivity contribution in [3.05, 3.63) is 22.7 Å². The molecule has 0 aliphatic carbocycles. The lowest BCUT2D eigenvalue weighted by atomic mass is 10.0. The predicted octanol–water partition coefficient (Wildman–Crippen LogP) is 2.21. The molecule has 0 radical (unpaired) electrons. The molecule has 1 aliphatic heterocycles. The SMILES string of the molecule is CC(CO)c1cc2c(cc1Cl)OCCO2. The molecular formula is C11H13ClO3. The molecule has 0 spiro atoms. The standard InChI is InChI=1S/C11H13ClO3/c1-7(6-13)8-4-10-11(5-9(8)12)15-3-2-14-10/h4-5,7,13H,2-3,6H2,1H3. The number of aliphatic hydroxyl groups is 1. The molecule has 2 rings (SSSR count). The molecule has 0 bridgehead atoms. The number of hydrogen-bond donors (Lipinski definition) is 1. The first-order chi connectivity index (χ1) is 7.22. The molecule has 82 valence electrons. The van der Waals surface area contributed by atoms with Crippen molar-refractivity contribution in [3.63, 3.8) is 0 Å². The van der Waals surface area contributed by atoms with Gasteiger partial charge in [-0.25, -0.2) is 0 Å². The van der Waals surface area contributed by atoms with Gasteiger partial charge < -0.3 is 14.6 Å². The number of ether oxygens (including phenoxy) is 2. The first kappa shape index (κ1) is 10.6.